The maximum absolute atomic E-state index is 5.69. The Labute approximate surface area is 62.8 Å². The predicted molar refractivity (Wildman–Crippen MR) is 40.9 cm³/mol. The minimum atomic E-state index is 0.465. The molecule has 1 saturated carbocycles. The van der Waals surface area contributed by atoms with Crippen molar-refractivity contribution in [3.05, 3.63) is 0 Å². The Hall–Kier alpha value is -0.0400. The zero-order valence-electron chi connectivity index (χ0n) is 6.89. The summed E-state index contributed by atoms with van der Waals surface area (Å²) in [6, 6.07) is 0. The molecule has 1 nitrogen and oxygen atoms in total. The van der Waals surface area contributed by atoms with Crippen LogP contribution in [-0.4, -0.2) is 12.7 Å². The molecule has 2 rings (SSSR count). The molecule has 0 radical (unpaired) electrons. The van der Waals surface area contributed by atoms with Gasteiger partial charge >= 0.3 is 0 Å². The first kappa shape index (κ1) is 6.66. The summed E-state index contributed by atoms with van der Waals surface area (Å²) in [5.41, 5.74) is 0.465. The van der Waals surface area contributed by atoms with E-state index >= 15 is 0 Å². The third kappa shape index (κ3) is 0.878. The van der Waals surface area contributed by atoms with Gasteiger partial charge in [0.25, 0.3) is 0 Å². The van der Waals surface area contributed by atoms with Crippen LogP contribution in [0.2, 0.25) is 0 Å². The number of hydrogen-bond donors (Lipinski definition) is 0. The van der Waals surface area contributed by atoms with Gasteiger partial charge in [-0.25, -0.2) is 0 Å². The van der Waals surface area contributed by atoms with Gasteiger partial charge in [-0.3, -0.25) is 0 Å². The Bertz CT molecular complexity index is 140. The van der Waals surface area contributed by atoms with E-state index in [1.807, 2.05) is 0 Å². The quantitative estimate of drug-likeness (QED) is 0.501. The first-order chi connectivity index (χ1) is 4.68. The third-order valence-corrected chi connectivity index (χ3v) is 3.15. The molecule has 2 aliphatic rings. The summed E-state index contributed by atoms with van der Waals surface area (Å²) in [4.78, 5) is 0. The van der Waals surface area contributed by atoms with Gasteiger partial charge < -0.3 is 4.74 Å². The minimum absolute atomic E-state index is 0.465. The van der Waals surface area contributed by atoms with Gasteiger partial charge in [0.2, 0.25) is 0 Å². The van der Waals surface area contributed by atoms with E-state index in [1.165, 1.54) is 19.3 Å². The van der Waals surface area contributed by atoms with Crippen LogP contribution in [0, 0.1) is 11.3 Å². The zero-order chi connectivity index (χ0) is 7.19. The van der Waals surface area contributed by atoms with Gasteiger partial charge in [0, 0.05) is 6.61 Å². The molecule has 0 N–H and O–H groups in total. The second-order valence-corrected chi connectivity index (χ2v) is 4.45. The Kier molecular flexibility index (Phi) is 1.31. The van der Waals surface area contributed by atoms with Crippen molar-refractivity contribution in [1.29, 1.82) is 0 Å². The lowest BCUT2D eigenvalue weighted by Gasteiger charge is -2.34. The fourth-order valence-electron chi connectivity index (χ4n) is 2.17. The topological polar surface area (TPSA) is 9.23 Å². The SMILES string of the molecule is CC1(C)CCC2COC1C2. The van der Waals surface area contributed by atoms with Crippen LogP contribution < -0.4 is 0 Å². The molecule has 2 atom stereocenters. The summed E-state index contributed by atoms with van der Waals surface area (Å²) in [5, 5.41) is 0. The number of ether oxygens (including phenoxy) is 1. The summed E-state index contributed by atoms with van der Waals surface area (Å²) >= 11 is 0. The molecule has 1 aliphatic heterocycles. The smallest absolute Gasteiger partial charge is 0.0629 e. The molecule has 0 spiro atoms. The van der Waals surface area contributed by atoms with Crippen LogP contribution in [0.5, 0.6) is 0 Å². The van der Waals surface area contributed by atoms with Crippen LogP contribution in [-0.2, 0) is 4.74 Å². The van der Waals surface area contributed by atoms with Crippen LogP contribution in [0.1, 0.15) is 33.1 Å². The molecule has 2 bridgehead atoms. The average Bonchev–Trinajstić information content (AvgIpc) is 2.26. The molecule has 1 saturated heterocycles. The Morgan fingerprint density at radius 2 is 2.20 bits per heavy atom. The summed E-state index contributed by atoms with van der Waals surface area (Å²) in [7, 11) is 0. The van der Waals surface area contributed by atoms with E-state index in [2.05, 4.69) is 13.8 Å². The fourth-order valence-corrected chi connectivity index (χ4v) is 2.17. The second-order valence-electron chi connectivity index (χ2n) is 4.45. The van der Waals surface area contributed by atoms with Crippen molar-refractivity contribution in [3.63, 3.8) is 0 Å². The van der Waals surface area contributed by atoms with E-state index < -0.39 is 0 Å². The van der Waals surface area contributed by atoms with Gasteiger partial charge in [-0.2, -0.15) is 0 Å². The van der Waals surface area contributed by atoms with Crippen molar-refractivity contribution >= 4 is 0 Å². The molecule has 0 amide bonds. The van der Waals surface area contributed by atoms with Crippen molar-refractivity contribution in [1.82, 2.24) is 0 Å². The van der Waals surface area contributed by atoms with E-state index in [0.29, 0.717) is 11.5 Å². The molecule has 1 heteroatoms. The lowest BCUT2D eigenvalue weighted by atomic mass is 9.73. The van der Waals surface area contributed by atoms with E-state index in [9.17, 15) is 0 Å². The monoisotopic (exact) mass is 140 g/mol. The summed E-state index contributed by atoms with van der Waals surface area (Å²) in [6.07, 6.45) is 4.66. The fraction of sp³-hybridized carbons (Fsp3) is 1.00. The minimum Gasteiger partial charge on any atom is -0.377 e. The average molecular weight is 140 g/mol. The molecule has 2 fully saturated rings. The van der Waals surface area contributed by atoms with Crippen molar-refractivity contribution in [3.8, 4) is 0 Å². The van der Waals surface area contributed by atoms with Gasteiger partial charge in [-0.15, -0.1) is 0 Å². The van der Waals surface area contributed by atoms with Crippen molar-refractivity contribution in [2.75, 3.05) is 6.61 Å². The molecule has 0 aromatic heterocycles. The van der Waals surface area contributed by atoms with Gasteiger partial charge in [-0.1, -0.05) is 13.8 Å². The number of hydrogen-bond acceptors (Lipinski definition) is 1. The highest BCUT2D eigenvalue weighted by atomic mass is 16.5. The molecular formula is C9H16O. The van der Waals surface area contributed by atoms with Crippen LogP contribution in [0.15, 0.2) is 0 Å². The first-order valence-electron chi connectivity index (χ1n) is 4.30. The molecule has 1 heterocycles. The van der Waals surface area contributed by atoms with Crippen LogP contribution >= 0.6 is 0 Å². The van der Waals surface area contributed by atoms with E-state index in [4.69, 9.17) is 4.74 Å². The molecule has 0 aromatic rings. The Balaban J connectivity index is 2.14. The summed E-state index contributed by atoms with van der Waals surface area (Å²) < 4.78 is 5.69. The molecule has 58 valence electrons. The third-order valence-electron chi connectivity index (χ3n) is 3.15. The largest absolute Gasteiger partial charge is 0.377 e. The van der Waals surface area contributed by atoms with Gasteiger partial charge in [0.15, 0.2) is 0 Å². The predicted octanol–water partition coefficient (Wildman–Crippen LogP) is 2.21. The highest BCUT2D eigenvalue weighted by Gasteiger charge is 2.41. The normalized spacial score (nSPS) is 43.8. The lowest BCUT2D eigenvalue weighted by Crippen LogP contribution is -2.31. The van der Waals surface area contributed by atoms with Crippen LogP contribution in [0.3, 0.4) is 0 Å². The van der Waals surface area contributed by atoms with Crippen LogP contribution in [0.25, 0.3) is 0 Å². The Morgan fingerprint density at radius 1 is 1.40 bits per heavy atom. The van der Waals surface area contributed by atoms with Gasteiger partial charge in [0.05, 0.1) is 6.10 Å². The lowest BCUT2D eigenvalue weighted by molar-refractivity contribution is 0.0183. The highest BCUT2D eigenvalue weighted by molar-refractivity contribution is 4.91. The van der Waals surface area contributed by atoms with Crippen LogP contribution in [0.4, 0.5) is 0 Å². The maximum Gasteiger partial charge on any atom is 0.0629 e. The summed E-state index contributed by atoms with van der Waals surface area (Å²) in [5.74, 6) is 0.901. The zero-order valence-corrected chi connectivity index (χ0v) is 6.89. The van der Waals surface area contributed by atoms with E-state index in [1.54, 1.807) is 0 Å². The first-order valence-corrected chi connectivity index (χ1v) is 4.30. The van der Waals surface area contributed by atoms with Gasteiger partial charge in [0.1, 0.15) is 0 Å². The second kappa shape index (κ2) is 1.97. The molecule has 1 aliphatic carbocycles. The molecule has 10 heavy (non-hydrogen) atoms. The van der Waals surface area contributed by atoms with E-state index in [0.717, 1.165) is 12.5 Å². The Morgan fingerprint density at radius 3 is 2.90 bits per heavy atom. The highest BCUT2D eigenvalue weighted by Crippen LogP contribution is 2.44. The number of rotatable bonds is 0. The van der Waals surface area contributed by atoms with E-state index in [-0.39, 0.29) is 0 Å². The van der Waals surface area contributed by atoms with Crippen molar-refractivity contribution < 1.29 is 4.74 Å². The standard InChI is InChI=1S/C9H16O/c1-9(2)4-3-7-5-8(9)10-6-7/h7-8H,3-6H2,1-2H3. The molecule has 0 aromatic carbocycles. The molecule has 2 unspecified atom stereocenters. The molecular weight excluding hydrogens is 124 g/mol. The van der Waals surface area contributed by atoms with Crippen molar-refractivity contribution in [2.24, 2.45) is 11.3 Å². The van der Waals surface area contributed by atoms with Crippen molar-refractivity contribution in [2.45, 2.75) is 39.2 Å². The van der Waals surface area contributed by atoms with Gasteiger partial charge in [-0.05, 0) is 30.6 Å². The summed E-state index contributed by atoms with van der Waals surface area (Å²) in [6.45, 7) is 5.70. The maximum atomic E-state index is 5.69. The number of fused-ring (bicyclic) bond motifs is 2.